The zero-order chi connectivity index (χ0) is 47.0. The van der Waals surface area contributed by atoms with Crippen LogP contribution >= 0.6 is 0 Å². The third-order valence-corrected chi connectivity index (χ3v) is 9.54. The molecule has 0 aromatic heterocycles. The van der Waals surface area contributed by atoms with Crippen molar-refractivity contribution in [2.24, 2.45) is 23.7 Å². The summed E-state index contributed by atoms with van der Waals surface area (Å²) < 4.78 is 52.7. The van der Waals surface area contributed by atoms with E-state index < -0.39 is 86.1 Å². The smallest absolute Gasteiger partial charge is 0.305 e. The van der Waals surface area contributed by atoms with Crippen LogP contribution in [0.25, 0.3) is 0 Å². The van der Waals surface area contributed by atoms with Crippen molar-refractivity contribution >= 4 is 29.8 Å². The van der Waals surface area contributed by atoms with Crippen molar-refractivity contribution in [2.75, 3.05) is 39.6 Å². The van der Waals surface area contributed by atoms with Gasteiger partial charge in [0.15, 0.2) is 24.8 Å². The van der Waals surface area contributed by atoms with Crippen LogP contribution in [0, 0.1) is 23.7 Å². The van der Waals surface area contributed by atoms with Crippen LogP contribution in [-0.2, 0) is 71.3 Å². The van der Waals surface area contributed by atoms with Crippen LogP contribution in [0.15, 0.2) is 38.0 Å². The van der Waals surface area contributed by atoms with Gasteiger partial charge >= 0.3 is 29.8 Å². The standard InChI is InChI=1S/C15H24O6.C14H22O7.C9H16O6.C3H6O/c1-6-7-18-15-14(20-12(5)17)10(3)9(2)13(21-15)8-19-11(4)16;1-7-8(2)13(19-10(4)16)14(20-11(5)17)21-12(7)6-18-9(3)15;1-2-3-14-9-8(13)7(12)6(11)5(4-10)15-9;1-2-3-4/h6,9-10,13-15H,1,7-8H2,2-5H3;7-8,12-14H,6H2,1-5H3;2,5-13H,1,3-4H2;2,4H,1,3H2/t9-,10-,13?,14?,15-;7-,8-,12?,13?,14-;5?,6-,7+,8?,9+;/m001./s1. The summed E-state index contributed by atoms with van der Waals surface area (Å²) in [6.45, 7) is 24.8. The molecule has 15 atom stereocenters. The van der Waals surface area contributed by atoms with Gasteiger partial charge in [0.1, 0.15) is 37.6 Å². The monoisotopic (exact) mass is 880 g/mol. The second kappa shape index (κ2) is 30.3. The minimum Gasteiger partial charge on any atom is -0.463 e. The van der Waals surface area contributed by atoms with E-state index in [1.807, 2.05) is 27.7 Å². The molecule has 61 heavy (non-hydrogen) atoms. The van der Waals surface area contributed by atoms with Crippen LogP contribution in [0.3, 0.4) is 0 Å². The van der Waals surface area contributed by atoms with Crippen LogP contribution in [0.5, 0.6) is 0 Å². The molecule has 3 heterocycles. The molecule has 0 bridgehead atoms. The average molecular weight is 881 g/mol. The number of aliphatic hydroxyl groups excluding tert-OH is 5. The number of rotatable bonds is 15. The van der Waals surface area contributed by atoms with Gasteiger partial charge in [-0.05, 0) is 11.8 Å². The van der Waals surface area contributed by atoms with Gasteiger partial charge in [0.25, 0.3) is 0 Å². The maximum absolute atomic E-state index is 11.3. The van der Waals surface area contributed by atoms with Crippen LogP contribution in [0.1, 0.15) is 62.3 Å². The Morgan fingerprint density at radius 3 is 1.25 bits per heavy atom. The highest BCUT2D eigenvalue weighted by Gasteiger charge is 2.47. The van der Waals surface area contributed by atoms with Crippen molar-refractivity contribution < 1.29 is 96.9 Å². The first kappa shape index (κ1) is 57.2. The molecular formula is C41H68O20. The second-order valence-electron chi connectivity index (χ2n) is 14.3. The Bertz CT molecular complexity index is 1350. The molecule has 352 valence electrons. The molecule has 3 aliphatic heterocycles. The van der Waals surface area contributed by atoms with E-state index in [0.717, 1.165) is 0 Å². The molecule has 3 aliphatic rings. The third kappa shape index (κ3) is 20.7. The number of ether oxygens (including phenoxy) is 10. The van der Waals surface area contributed by atoms with E-state index >= 15 is 0 Å². The summed E-state index contributed by atoms with van der Waals surface area (Å²) in [5.41, 5.74) is 0. The first-order valence-corrected chi connectivity index (χ1v) is 19.7. The topological polar surface area (TPSA) is 279 Å². The molecule has 20 heteroatoms. The number of hydrogen-bond donors (Lipinski definition) is 5. The van der Waals surface area contributed by atoms with Gasteiger partial charge in [0.05, 0.1) is 38.6 Å². The van der Waals surface area contributed by atoms with Gasteiger partial charge in [0, 0.05) is 46.5 Å². The summed E-state index contributed by atoms with van der Waals surface area (Å²) in [5, 5.41) is 44.9. The molecule has 3 saturated heterocycles. The van der Waals surface area contributed by atoms with Crippen molar-refractivity contribution in [2.45, 2.75) is 130 Å². The zero-order valence-electron chi connectivity index (χ0n) is 36.6. The van der Waals surface area contributed by atoms with Crippen molar-refractivity contribution in [1.82, 2.24) is 0 Å². The Morgan fingerprint density at radius 1 is 0.508 bits per heavy atom. The minimum absolute atomic E-state index is 0.0121. The lowest BCUT2D eigenvalue weighted by atomic mass is 9.83. The number of esters is 5. The number of carbonyl (C=O) groups is 5. The molecule has 0 aliphatic carbocycles. The molecule has 6 unspecified atom stereocenters. The Kier molecular flexibility index (Phi) is 28.4. The summed E-state index contributed by atoms with van der Waals surface area (Å²) in [5.74, 6) is -2.26. The number of hydrogen-bond acceptors (Lipinski definition) is 20. The van der Waals surface area contributed by atoms with E-state index in [4.69, 9.17) is 57.6 Å². The van der Waals surface area contributed by atoms with Gasteiger partial charge in [-0.2, -0.15) is 0 Å². The maximum Gasteiger partial charge on any atom is 0.305 e. The lowest BCUT2D eigenvalue weighted by molar-refractivity contribution is -0.298. The molecule has 0 spiro atoms. The van der Waals surface area contributed by atoms with E-state index in [9.17, 15) is 39.3 Å². The van der Waals surface area contributed by atoms with Gasteiger partial charge in [-0.1, -0.05) is 45.9 Å². The predicted octanol–water partition coefficient (Wildman–Crippen LogP) is 0.876. The molecular weight excluding hydrogens is 812 g/mol. The molecule has 3 rings (SSSR count). The second-order valence-corrected chi connectivity index (χ2v) is 14.3. The Labute approximate surface area is 357 Å². The summed E-state index contributed by atoms with van der Waals surface area (Å²) >= 11 is 0. The number of carbonyl (C=O) groups excluding carboxylic acids is 5. The normalized spacial score (nSPS) is 32.8. The van der Waals surface area contributed by atoms with E-state index in [-0.39, 0.29) is 74.7 Å². The van der Waals surface area contributed by atoms with Crippen molar-refractivity contribution in [1.29, 1.82) is 0 Å². The van der Waals surface area contributed by atoms with Gasteiger partial charge in [-0.15, -0.1) is 19.7 Å². The summed E-state index contributed by atoms with van der Waals surface area (Å²) in [6, 6.07) is 0. The Balaban J connectivity index is 0.000000857. The van der Waals surface area contributed by atoms with Crippen LogP contribution in [0.4, 0.5) is 0 Å². The molecule has 0 aromatic rings. The SMILES string of the molecule is C=CCO.C=CCO[C@H]1OC(CO)[C@@H](O)[C@H](O)C1O.C=CCO[C@H]1OC(COC(C)=O)[C@@H](C)[C@H](C)C1OC(C)=O.CC(=O)OCC1O[C@H](OC(C)=O)C(OC(C)=O)[C@@H](C)[C@@H]1C. The summed E-state index contributed by atoms with van der Waals surface area (Å²) in [6.07, 6.45) is -5.22. The fourth-order valence-electron chi connectivity index (χ4n) is 5.93. The molecule has 5 N–H and O–H groups in total. The van der Waals surface area contributed by atoms with Gasteiger partial charge < -0.3 is 72.9 Å². The highest BCUT2D eigenvalue weighted by Crippen LogP contribution is 2.35. The average Bonchev–Trinajstić information content (AvgIpc) is 3.20. The highest BCUT2D eigenvalue weighted by molar-refractivity contribution is 5.67. The van der Waals surface area contributed by atoms with E-state index in [1.165, 1.54) is 46.8 Å². The lowest BCUT2D eigenvalue weighted by Gasteiger charge is -2.43. The zero-order valence-corrected chi connectivity index (χ0v) is 36.6. The van der Waals surface area contributed by atoms with E-state index in [2.05, 4.69) is 19.7 Å². The minimum atomic E-state index is -1.40. The van der Waals surface area contributed by atoms with Crippen molar-refractivity contribution in [3.8, 4) is 0 Å². The first-order valence-electron chi connectivity index (χ1n) is 19.7. The van der Waals surface area contributed by atoms with Crippen molar-refractivity contribution in [3.05, 3.63) is 38.0 Å². The quantitative estimate of drug-likeness (QED) is 0.0867. The molecule has 0 amide bonds. The van der Waals surface area contributed by atoms with Crippen LogP contribution < -0.4 is 0 Å². The fraction of sp³-hybridized carbons (Fsp3) is 0.732. The molecule has 3 fully saturated rings. The highest BCUT2D eigenvalue weighted by atomic mass is 16.7. The fourth-order valence-corrected chi connectivity index (χ4v) is 5.93. The molecule has 0 radical (unpaired) electrons. The summed E-state index contributed by atoms with van der Waals surface area (Å²) in [4.78, 5) is 55.5. The summed E-state index contributed by atoms with van der Waals surface area (Å²) in [7, 11) is 0. The third-order valence-electron chi connectivity index (χ3n) is 9.54. The molecule has 0 saturated carbocycles. The van der Waals surface area contributed by atoms with Gasteiger partial charge in [-0.3, -0.25) is 24.0 Å². The maximum atomic E-state index is 11.3. The van der Waals surface area contributed by atoms with E-state index in [1.54, 1.807) is 6.08 Å². The number of aliphatic hydroxyl groups is 5. The predicted molar refractivity (Wildman–Crippen MR) is 213 cm³/mol. The Morgan fingerprint density at radius 2 is 0.885 bits per heavy atom. The lowest BCUT2D eigenvalue weighted by Crippen LogP contribution is -2.59. The largest absolute Gasteiger partial charge is 0.463 e. The molecule has 20 nitrogen and oxygen atoms in total. The molecule has 0 aromatic carbocycles. The van der Waals surface area contributed by atoms with E-state index in [0.29, 0.717) is 0 Å². The van der Waals surface area contributed by atoms with Gasteiger partial charge in [0.2, 0.25) is 6.29 Å². The van der Waals surface area contributed by atoms with Crippen LogP contribution in [0.2, 0.25) is 0 Å². The Hall–Kier alpha value is -3.83. The van der Waals surface area contributed by atoms with Crippen LogP contribution in [-0.4, -0.2) is 163 Å². The van der Waals surface area contributed by atoms with Crippen molar-refractivity contribution in [3.63, 3.8) is 0 Å². The first-order chi connectivity index (χ1) is 28.6. The van der Waals surface area contributed by atoms with Gasteiger partial charge in [-0.25, -0.2) is 0 Å².